The Morgan fingerprint density at radius 2 is 0.843 bits per heavy atom. The second kappa shape index (κ2) is 22.7. The first-order valence-corrected chi connectivity index (χ1v) is 29.7. The Hall–Kier alpha value is -4.18. The topological polar surface area (TPSA) is 46.4 Å². The zero-order chi connectivity index (χ0) is 47.2. The quantitative estimate of drug-likeness (QED) is 0.160. The van der Waals surface area contributed by atoms with Gasteiger partial charge in [-0.15, -0.1) is 5.76 Å². The lowest BCUT2D eigenvalue weighted by molar-refractivity contribution is -0.508. The first-order valence-electron chi connectivity index (χ1n) is 29.7. The largest absolute Gasteiger partial charge is 0.874 e. The highest BCUT2D eigenvalue weighted by Crippen LogP contribution is 2.47. The summed E-state index contributed by atoms with van der Waals surface area (Å²) in [6.07, 6.45) is 49.1. The van der Waals surface area contributed by atoms with Crippen LogP contribution in [-0.4, -0.2) is 28.2 Å². The van der Waals surface area contributed by atoms with Gasteiger partial charge in [-0.2, -0.15) is 4.58 Å². The number of nitrogens with zero attached hydrogens (tertiary/aromatic N) is 2. The molecule has 0 spiro atoms. The zero-order valence-electron chi connectivity index (χ0n) is 42.9. The van der Waals surface area contributed by atoms with Crippen LogP contribution in [0.15, 0.2) is 103 Å². The van der Waals surface area contributed by atoms with E-state index in [1.165, 1.54) is 227 Å². The van der Waals surface area contributed by atoms with Crippen LogP contribution in [0.25, 0.3) is 5.57 Å². The number of carbonyl (C=O) groups is 1. The summed E-state index contributed by atoms with van der Waals surface area (Å²) in [6, 6.07) is 29.2. The third kappa shape index (κ3) is 10.4. The van der Waals surface area contributed by atoms with E-state index in [2.05, 4.69) is 107 Å². The van der Waals surface area contributed by atoms with Gasteiger partial charge >= 0.3 is 0 Å². The Kier molecular flexibility index (Phi) is 15.6. The summed E-state index contributed by atoms with van der Waals surface area (Å²) in [6.45, 7) is 0. The van der Waals surface area contributed by atoms with E-state index in [1.54, 1.807) is 0 Å². The molecule has 1 unspecified atom stereocenters. The smallest absolute Gasteiger partial charge is 0.205 e. The molecule has 8 aliphatic rings. The third-order valence-electron chi connectivity index (χ3n) is 19.8. The first-order chi connectivity index (χ1) is 34.6. The van der Waals surface area contributed by atoms with Crippen molar-refractivity contribution in [2.24, 2.45) is 35.5 Å². The summed E-state index contributed by atoms with van der Waals surface area (Å²) >= 11 is 0. The van der Waals surface area contributed by atoms with Gasteiger partial charge in [0.15, 0.2) is 11.8 Å². The van der Waals surface area contributed by atoms with Crippen LogP contribution in [0.2, 0.25) is 0 Å². The molecule has 0 radical (unpaired) electrons. The molecule has 4 heteroatoms. The molecule has 0 bridgehead atoms. The van der Waals surface area contributed by atoms with Crippen molar-refractivity contribution in [3.8, 4) is 0 Å². The number of benzene rings is 3. The lowest BCUT2D eigenvalue weighted by Crippen LogP contribution is -2.45. The predicted octanol–water partition coefficient (Wildman–Crippen LogP) is 16.8. The van der Waals surface area contributed by atoms with Gasteiger partial charge in [-0.05, 0) is 142 Å². The minimum absolute atomic E-state index is 0.00962. The van der Waals surface area contributed by atoms with Gasteiger partial charge in [0.05, 0.1) is 0 Å². The number of ketones is 1. The summed E-state index contributed by atoms with van der Waals surface area (Å²) in [5.74, 6) is 3.27. The monoisotopic (exact) mass is 939 g/mol. The molecule has 0 amide bonds. The molecule has 0 heterocycles. The SMILES string of the molecule is O=C1C(c2ccc(N(c3ccc(C4CCCCC4)cc3)C(C3CCCCC3)C3CCCCC3)cc2)=C([O-])C1C1C=CC(=[N+](c2ccc(C3CCCCC3)cc2)C(C2CCCCC2)C2CCCCC2)C=C1. The fourth-order valence-electron chi connectivity index (χ4n) is 16.0. The molecule has 8 aliphatic carbocycles. The van der Waals surface area contributed by atoms with E-state index in [-0.39, 0.29) is 17.5 Å². The van der Waals surface area contributed by atoms with Gasteiger partial charge in [-0.1, -0.05) is 164 Å². The van der Waals surface area contributed by atoms with Gasteiger partial charge in [-0.25, -0.2) is 0 Å². The average Bonchev–Trinajstić information content (AvgIpc) is 3.44. The molecule has 1 atom stereocenters. The van der Waals surface area contributed by atoms with Gasteiger partial charge in [-0.3, -0.25) is 4.79 Å². The number of anilines is 2. The second-order valence-corrected chi connectivity index (χ2v) is 24.0. The summed E-state index contributed by atoms with van der Waals surface area (Å²) in [4.78, 5) is 17.1. The molecule has 6 fully saturated rings. The van der Waals surface area contributed by atoms with Gasteiger partial charge in [0.1, 0.15) is 0 Å². The highest BCUT2D eigenvalue weighted by molar-refractivity contribution is 6.29. The standard InChI is InChI=1S/C66H86N2O2/c69-65-61(51-35-43-59(44-36-51)67(57-39-31-49(32-40-57)47-19-7-1-8-20-47)63(53-23-11-3-12-24-53)54-25-13-4-14-26-54)66(70)62(65)52-37-45-60(46-38-52)68(58-41-33-50(34-42-58)48-21-9-2-10-22-48)64(55-27-15-5-16-28-55)56-29-17-6-18-30-56/h31-48,51,53-56,61,63-64H,1-30H2. The lowest BCUT2D eigenvalue weighted by Gasteiger charge is -2.46. The van der Waals surface area contributed by atoms with E-state index in [0.717, 1.165) is 5.56 Å². The number of carbonyl (C=O) groups excluding carboxylic acids is 1. The van der Waals surface area contributed by atoms with Crippen molar-refractivity contribution in [3.63, 3.8) is 0 Å². The van der Waals surface area contributed by atoms with Crippen LogP contribution >= 0.6 is 0 Å². The number of hydrogen-bond donors (Lipinski definition) is 0. The maximum atomic E-state index is 14.4. The minimum Gasteiger partial charge on any atom is -0.874 e. The van der Waals surface area contributed by atoms with Crippen LogP contribution in [-0.2, 0) is 4.79 Å². The van der Waals surface area contributed by atoms with Crippen LogP contribution in [0.3, 0.4) is 0 Å². The molecule has 11 rings (SSSR count). The van der Waals surface area contributed by atoms with E-state index in [0.29, 0.717) is 53.2 Å². The highest BCUT2D eigenvalue weighted by Gasteiger charge is 2.44. The Bertz CT molecular complexity index is 2260. The van der Waals surface area contributed by atoms with Crippen molar-refractivity contribution < 1.29 is 14.5 Å². The van der Waals surface area contributed by atoms with Gasteiger partial charge in [0.2, 0.25) is 11.4 Å². The number of hydrogen-bond acceptors (Lipinski definition) is 3. The summed E-state index contributed by atoms with van der Waals surface area (Å²) in [5.41, 5.74) is 9.28. The predicted molar refractivity (Wildman–Crippen MR) is 289 cm³/mol. The van der Waals surface area contributed by atoms with E-state index < -0.39 is 5.92 Å². The summed E-state index contributed by atoms with van der Waals surface area (Å²) in [7, 11) is 0. The molecule has 372 valence electrons. The van der Waals surface area contributed by atoms with Crippen LogP contribution < -0.4 is 10.0 Å². The fourth-order valence-corrected chi connectivity index (χ4v) is 16.0. The van der Waals surface area contributed by atoms with Crippen molar-refractivity contribution in [2.45, 2.75) is 217 Å². The Morgan fingerprint density at radius 1 is 0.457 bits per heavy atom. The molecule has 0 N–H and O–H groups in total. The van der Waals surface area contributed by atoms with Crippen molar-refractivity contribution >= 4 is 34.1 Å². The normalized spacial score (nSPS) is 25.2. The molecular weight excluding hydrogens is 853 g/mol. The minimum atomic E-state index is -0.638. The number of rotatable bonds is 13. The molecule has 70 heavy (non-hydrogen) atoms. The molecule has 0 aromatic heterocycles. The molecule has 3 aromatic carbocycles. The van der Waals surface area contributed by atoms with E-state index in [1.807, 2.05) is 0 Å². The van der Waals surface area contributed by atoms with Crippen LogP contribution in [0, 0.1) is 35.5 Å². The summed E-state index contributed by atoms with van der Waals surface area (Å²) < 4.78 is 2.74. The zero-order valence-corrected chi connectivity index (χ0v) is 42.9. The average molecular weight is 939 g/mol. The Morgan fingerprint density at radius 3 is 1.27 bits per heavy atom. The van der Waals surface area contributed by atoms with E-state index in [4.69, 9.17) is 0 Å². The van der Waals surface area contributed by atoms with Gasteiger partial charge in [0.25, 0.3) is 0 Å². The molecular formula is C66H86N2O2. The van der Waals surface area contributed by atoms with Crippen molar-refractivity contribution in [1.82, 2.24) is 0 Å². The maximum Gasteiger partial charge on any atom is 0.205 e. The van der Waals surface area contributed by atoms with Crippen molar-refractivity contribution in [3.05, 3.63) is 120 Å². The Labute approximate surface area is 423 Å². The maximum absolute atomic E-state index is 14.4. The van der Waals surface area contributed by atoms with E-state index in [9.17, 15) is 9.90 Å². The van der Waals surface area contributed by atoms with Crippen LogP contribution in [0.5, 0.6) is 0 Å². The summed E-state index contributed by atoms with van der Waals surface area (Å²) in [5, 5.41) is 14.4. The Balaban J connectivity index is 0.877. The highest BCUT2D eigenvalue weighted by atomic mass is 16.3. The van der Waals surface area contributed by atoms with Crippen LogP contribution in [0.1, 0.15) is 221 Å². The first kappa shape index (κ1) is 48.1. The van der Waals surface area contributed by atoms with Gasteiger partial charge < -0.3 is 10.0 Å². The molecule has 6 saturated carbocycles. The van der Waals surface area contributed by atoms with Crippen molar-refractivity contribution in [1.29, 1.82) is 0 Å². The molecule has 4 nitrogen and oxygen atoms in total. The van der Waals surface area contributed by atoms with Crippen LogP contribution in [0.4, 0.5) is 17.1 Å². The lowest BCUT2D eigenvalue weighted by atomic mass is 9.70. The van der Waals surface area contributed by atoms with E-state index >= 15 is 0 Å². The number of Topliss-reactive ketones (excluding diaryl/α,β-unsaturated/α-hetero) is 1. The molecule has 3 aromatic rings. The molecule has 0 saturated heterocycles. The second-order valence-electron chi connectivity index (χ2n) is 24.0. The fraction of sp³-hybridized carbons (Fsp3) is 0.606. The number of allylic oxidation sites excluding steroid dienone is 6. The molecule has 0 aliphatic heterocycles. The van der Waals surface area contributed by atoms with Crippen molar-refractivity contribution in [2.75, 3.05) is 4.90 Å². The third-order valence-corrected chi connectivity index (χ3v) is 19.8. The van der Waals surface area contributed by atoms with Gasteiger partial charge in [0, 0.05) is 70.9 Å².